The van der Waals surface area contributed by atoms with Gasteiger partial charge in [-0.1, -0.05) is 30.0 Å². The Morgan fingerprint density at radius 2 is 1.82 bits per heavy atom. The highest BCUT2D eigenvalue weighted by Crippen LogP contribution is 2.38. The van der Waals surface area contributed by atoms with Gasteiger partial charge in [0.1, 0.15) is 5.84 Å². The van der Waals surface area contributed by atoms with Gasteiger partial charge in [-0.3, -0.25) is 15.1 Å². The molecule has 28 heavy (non-hydrogen) atoms. The summed E-state index contributed by atoms with van der Waals surface area (Å²) < 4.78 is 10.7. The van der Waals surface area contributed by atoms with Gasteiger partial charge in [0.15, 0.2) is 11.5 Å². The molecule has 1 saturated heterocycles. The van der Waals surface area contributed by atoms with Gasteiger partial charge in [0.05, 0.1) is 37.1 Å². The highest BCUT2D eigenvalue weighted by Gasteiger charge is 2.35. The quantitative estimate of drug-likeness (QED) is 0.822. The van der Waals surface area contributed by atoms with Crippen LogP contribution in [0.25, 0.3) is 5.70 Å². The van der Waals surface area contributed by atoms with Crippen LogP contribution in [0.1, 0.15) is 12.0 Å². The van der Waals surface area contributed by atoms with Crippen LogP contribution in [0, 0.1) is 5.41 Å². The highest BCUT2D eigenvalue weighted by atomic mass is 32.2. The fraction of sp³-hybridized carbons (Fsp3) is 0.143. The van der Waals surface area contributed by atoms with E-state index in [4.69, 9.17) is 14.9 Å². The third-order valence-corrected chi connectivity index (χ3v) is 5.55. The van der Waals surface area contributed by atoms with Crippen LogP contribution in [0.2, 0.25) is 0 Å². The van der Waals surface area contributed by atoms with Gasteiger partial charge in [0.2, 0.25) is 5.91 Å². The molecule has 2 N–H and O–H groups in total. The molecule has 0 spiro atoms. The van der Waals surface area contributed by atoms with Crippen molar-refractivity contribution in [2.24, 2.45) is 0 Å². The van der Waals surface area contributed by atoms with Crippen LogP contribution in [0.5, 0.6) is 11.5 Å². The first kappa shape index (κ1) is 18.2. The lowest BCUT2D eigenvalue weighted by atomic mass is 10.1. The second-order valence-corrected chi connectivity index (χ2v) is 7.12. The largest absolute Gasteiger partial charge is 0.493 e. The number of ether oxygens (including phenoxy) is 2. The fourth-order valence-electron chi connectivity index (χ4n) is 3.20. The number of anilines is 1. The molecular weight excluding hydrogens is 374 g/mol. The van der Waals surface area contributed by atoms with E-state index in [2.05, 4.69) is 5.32 Å². The Labute approximate surface area is 167 Å². The number of thioether (sulfide) groups is 1. The first-order valence-corrected chi connectivity index (χ1v) is 9.56. The molecule has 6 nitrogen and oxygen atoms in total. The van der Waals surface area contributed by atoms with Crippen molar-refractivity contribution in [3.8, 4) is 11.5 Å². The lowest BCUT2D eigenvalue weighted by molar-refractivity contribution is -0.116. The third-order valence-electron chi connectivity index (χ3n) is 4.61. The minimum Gasteiger partial charge on any atom is -0.493 e. The summed E-state index contributed by atoms with van der Waals surface area (Å²) in [7, 11) is 3.20. The molecule has 2 aromatic rings. The SMILES string of the molecule is COc1ccc(C2=CS/C(=C3/CC(=O)N(c4ccccc4)C3=N)N2)cc1OC. The Morgan fingerprint density at radius 3 is 2.54 bits per heavy atom. The number of nitrogens with one attached hydrogen (secondary N) is 2. The molecule has 0 aliphatic carbocycles. The van der Waals surface area contributed by atoms with Crippen LogP contribution in [0.15, 0.2) is 64.5 Å². The number of nitrogens with zero attached hydrogens (tertiary/aromatic N) is 1. The Kier molecular flexibility index (Phi) is 4.83. The molecule has 2 heterocycles. The summed E-state index contributed by atoms with van der Waals surface area (Å²) in [5, 5.41) is 14.7. The van der Waals surface area contributed by atoms with Crippen molar-refractivity contribution >= 4 is 34.9 Å². The van der Waals surface area contributed by atoms with E-state index in [-0.39, 0.29) is 18.2 Å². The molecule has 1 amide bonds. The van der Waals surface area contributed by atoms with Gasteiger partial charge in [-0.25, -0.2) is 0 Å². The van der Waals surface area contributed by atoms with Gasteiger partial charge in [-0.05, 0) is 30.3 Å². The van der Waals surface area contributed by atoms with Crippen LogP contribution < -0.4 is 19.7 Å². The van der Waals surface area contributed by atoms with E-state index in [1.165, 1.54) is 16.7 Å². The van der Waals surface area contributed by atoms with Crippen LogP contribution in [0.4, 0.5) is 5.69 Å². The van der Waals surface area contributed by atoms with E-state index in [1.54, 1.807) is 14.2 Å². The van der Waals surface area contributed by atoms with Gasteiger partial charge < -0.3 is 14.8 Å². The van der Waals surface area contributed by atoms with Gasteiger partial charge >= 0.3 is 0 Å². The summed E-state index contributed by atoms with van der Waals surface area (Å²) >= 11 is 1.48. The van der Waals surface area contributed by atoms with Crippen molar-refractivity contribution < 1.29 is 14.3 Å². The lowest BCUT2D eigenvalue weighted by Crippen LogP contribution is -2.28. The molecule has 0 bridgehead atoms. The molecule has 2 aliphatic heterocycles. The maximum absolute atomic E-state index is 12.5. The summed E-state index contributed by atoms with van der Waals surface area (Å²) in [6.07, 6.45) is 0.204. The van der Waals surface area contributed by atoms with Crippen LogP contribution in [0.3, 0.4) is 0 Å². The standard InChI is InChI=1S/C21H19N3O3S/c1-26-17-9-8-13(10-18(17)27-2)16-12-28-21(23-16)15-11-19(25)24(20(15)22)14-6-4-3-5-7-14/h3-10,12,22-23H,11H2,1-2H3/b21-15-,22-20?. The van der Waals surface area contributed by atoms with Crippen LogP contribution in [-0.2, 0) is 4.79 Å². The minimum absolute atomic E-state index is 0.0966. The lowest BCUT2D eigenvalue weighted by Gasteiger charge is -2.16. The summed E-state index contributed by atoms with van der Waals surface area (Å²) in [6, 6.07) is 15.0. The Bertz CT molecular complexity index is 1010. The molecule has 1 fully saturated rings. The molecule has 142 valence electrons. The second-order valence-electron chi connectivity index (χ2n) is 6.24. The molecule has 0 atom stereocenters. The number of hydrogen-bond donors (Lipinski definition) is 2. The zero-order valence-electron chi connectivity index (χ0n) is 15.5. The molecule has 2 aliphatic rings. The summed E-state index contributed by atoms with van der Waals surface area (Å²) in [6.45, 7) is 0. The first-order chi connectivity index (χ1) is 13.6. The van der Waals surface area contributed by atoms with Crippen molar-refractivity contribution in [3.63, 3.8) is 0 Å². The zero-order valence-corrected chi connectivity index (χ0v) is 16.3. The van der Waals surface area contributed by atoms with Gasteiger partial charge in [-0.15, -0.1) is 0 Å². The average Bonchev–Trinajstić information content (AvgIpc) is 3.32. The minimum atomic E-state index is -0.0966. The predicted octanol–water partition coefficient (Wildman–Crippen LogP) is 3.96. The van der Waals surface area contributed by atoms with E-state index in [0.717, 1.165) is 16.3 Å². The highest BCUT2D eigenvalue weighted by molar-refractivity contribution is 8.06. The Morgan fingerprint density at radius 1 is 1.07 bits per heavy atom. The number of methoxy groups -OCH3 is 2. The topological polar surface area (TPSA) is 74.7 Å². The number of carbonyl (C=O) groups is 1. The number of carbonyl (C=O) groups excluding carboxylic acids is 1. The Hall–Kier alpha value is -3.19. The molecule has 0 aromatic heterocycles. The van der Waals surface area contributed by atoms with Crippen LogP contribution >= 0.6 is 11.8 Å². The molecular formula is C21H19N3O3S. The summed E-state index contributed by atoms with van der Waals surface area (Å²) in [5.41, 5.74) is 3.25. The van der Waals surface area contributed by atoms with E-state index in [9.17, 15) is 4.79 Å². The zero-order chi connectivity index (χ0) is 19.7. The smallest absolute Gasteiger partial charge is 0.237 e. The number of para-hydroxylation sites is 1. The van der Waals surface area contributed by atoms with Crippen molar-refractivity contribution in [1.82, 2.24) is 5.32 Å². The monoisotopic (exact) mass is 393 g/mol. The first-order valence-electron chi connectivity index (χ1n) is 8.68. The average molecular weight is 393 g/mol. The molecule has 0 radical (unpaired) electrons. The van der Waals surface area contributed by atoms with E-state index in [1.807, 2.05) is 53.9 Å². The van der Waals surface area contributed by atoms with E-state index >= 15 is 0 Å². The number of amidine groups is 1. The number of amides is 1. The molecule has 0 saturated carbocycles. The second kappa shape index (κ2) is 7.44. The van der Waals surface area contributed by atoms with E-state index < -0.39 is 0 Å². The molecule has 2 aromatic carbocycles. The molecule has 0 unspecified atom stereocenters. The van der Waals surface area contributed by atoms with Gasteiger partial charge in [0.25, 0.3) is 0 Å². The van der Waals surface area contributed by atoms with Crippen molar-refractivity contribution in [3.05, 3.63) is 70.1 Å². The van der Waals surface area contributed by atoms with Crippen LogP contribution in [-0.4, -0.2) is 26.0 Å². The van der Waals surface area contributed by atoms with Crippen molar-refractivity contribution in [2.45, 2.75) is 6.42 Å². The summed E-state index contributed by atoms with van der Waals surface area (Å²) in [4.78, 5) is 14.0. The maximum atomic E-state index is 12.5. The number of benzene rings is 2. The van der Waals surface area contributed by atoms with Gasteiger partial charge in [-0.2, -0.15) is 0 Å². The molecule has 4 rings (SSSR count). The third kappa shape index (κ3) is 3.14. The summed E-state index contributed by atoms with van der Waals surface area (Å²) in [5.74, 6) is 1.43. The maximum Gasteiger partial charge on any atom is 0.237 e. The van der Waals surface area contributed by atoms with Crippen molar-refractivity contribution in [2.75, 3.05) is 19.1 Å². The number of hydrogen-bond acceptors (Lipinski definition) is 6. The predicted molar refractivity (Wildman–Crippen MR) is 112 cm³/mol. The number of rotatable bonds is 4. The van der Waals surface area contributed by atoms with Gasteiger partial charge in [0, 0.05) is 16.5 Å². The molecule has 7 heteroatoms. The fourth-order valence-corrected chi connectivity index (χ4v) is 4.11. The normalized spacial score (nSPS) is 18.9. The Balaban J connectivity index is 1.59. The van der Waals surface area contributed by atoms with Crippen molar-refractivity contribution in [1.29, 1.82) is 5.41 Å². The van der Waals surface area contributed by atoms with E-state index in [0.29, 0.717) is 22.8 Å².